The summed E-state index contributed by atoms with van der Waals surface area (Å²) in [6, 6.07) is 11.8. The van der Waals surface area contributed by atoms with Crippen LogP contribution in [0.2, 0.25) is 0 Å². The fraction of sp³-hybridized carbons (Fsp3) is 0.462. The molecule has 0 bridgehead atoms. The van der Waals surface area contributed by atoms with E-state index in [0.717, 1.165) is 5.56 Å². The minimum atomic E-state index is -3.93. The summed E-state index contributed by atoms with van der Waals surface area (Å²) in [5, 5.41) is 12.3. The molecule has 0 spiro atoms. The highest BCUT2D eigenvalue weighted by Gasteiger charge is 2.50. The molecule has 0 aliphatic carbocycles. The van der Waals surface area contributed by atoms with Crippen molar-refractivity contribution >= 4 is 21.9 Å². The number of nitrogens with zero attached hydrogens (tertiary/aromatic N) is 1. The first kappa shape index (κ1) is 26.7. The maximum absolute atomic E-state index is 13.6. The second-order valence-electron chi connectivity index (χ2n) is 10.2. The van der Waals surface area contributed by atoms with E-state index in [0.29, 0.717) is 18.4 Å². The topological polar surface area (TPSA) is 113 Å². The number of nitrogens with one attached hydrogen (secondary N) is 1. The normalized spacial score (nSPS) is 19.8. The van der Waals surface area contributed by atoms with Gasteiger partial charge in [-0.05, 0) is 77.3 Å². The van der Waals surface area contributed by atoms with E-state index >= 15 is 0 Å². The molecule has 9 heteroatoms. The van der Waals surface area contributed by atoms with Gasteiger partial charge in [0.25, 0.3) is 0 Å². The van der Waals surface area contributed by atoms with Gasteiger partial charge in [-0.25, -0.2) is 13.2 Å². The Labute approximate surface area is 207 Å². The molecule has 2 aromatic carbocycles. The van der Waals surface area contributed by atoms with Crippen molar-refractivity contribution in [3.63, 3.8) is 0 Å². The van der Waals surface area contributed by atoms with Gasteiger partial charge in [0.2, 0.25) is 15.9 Å². The van der Waals surface area contributed by atoms with Crippen molar-refractivity contribution in [2.75, 3.05) is 6.54 Å². The number of aryl methyl sites for hydroxylation is 1. The Kier molecular flexibility index (Phi) is 7.62. The summed E-state index contributed by atoms with van der Waals surface area (Å²) < 4.78 is 33.6. The Morgan fingerprint density at radius 3 is 2.29 bits per heavy atom. The summed E-state index contributed by atoms with van der Waals surface area (Å²) in [5.74, 6) is -1.09. The highest BCUT2D eigenvalue weighted by Crippen LogP contribution is 2.35. The molecular weight excluding hydrogens is 468 g/mol. The quantitative estimate of drug-likeness (QED) is 0.562. The van der Waals surface area contributed by atoms with Crippen molar-refractivity contribution < 1.29 is 27.9 Å². The number of ether oxygens (including phenoxy) is 1. The lowest BCUT2D eigenvalue weighted by Crippen LogP contribution is -2.59. The number of phenolic OH excluding ortho intramolecular Hbond substituents is 1. The summed E-state index contributed by atoms with van der Waals surface area (Å²) in [5.41, 5.74) is -0.494. The van der Waals surface area contributed by atoms with Crippen molar-refractivity contribution in [1.82, 2.24) is 9.62 Å². The molecule has 2 N–H and O–H groups in total. The van der Waals surface area contributed by atoms with Gasteiger partial charge in [0.1, 0.15) is 22.9 Å². The maximum Gasteiger partial charge on any atom is 0.329 e. The monoisotopic (exact) mass is 502 g/mol. The average Bonchev–Trinajstić information content (AvgIpc) is 3.17. The zero-order valence-electron chi connectivity index (χ0n) is 20.9. The van der Waals surface area contributed by atoms with Crippen molar-refractivity contribution in [3.8, 4) is 5.75 Å². The standard InChI is InChI=1S/C26H34N2O6S/c1-18-7-13-21(14-8-18)35(32,33)28-16-6-15-26(28,5)24(31)27-22(23(30)34-25(2,3)4)17-19-9-11-20(29)12-10-19/h7-14,22,29H,6,15-17H2,1-5H3,(H,27,31)/t22-,26+/m1/s1. The van der Waals surface area contributed by atoms with Crippen molar-refractivity contribution in [3.05, 3.63) is 59.7 Å². The number of aromatic hydroxyl groups is 1. The highest BCUT2D eigenvalue weighted by atomic mass is 32.2. The zero-order valence-corrected chi connectivity index (χ0v) is 21.7. The molecule has 2 aromatic rings. The van der Waals surface area contributed by atoms with Gasteiger partial charge < -0.3 is 15.2 Å². The van der Waals surface area contributed by atoms with Crippen molar-refractivity contribution in [1.29, 1.82) is 0 Å². The van der Waals surface area contributed by atoms with Gasteiger partial charge in [-0.2, -0.15) is 4.31 Å². The number of rotatable bonds is 7. The van der Waals surface area contributed by atoms with Crippen LogP contribution in [0.1, 0.15) is 51.7 Å². The van der Waals surface area contributed by atoms with Crippen LogP contribution in [-0.2, 0) is 30.8 Å². The van der Waals surface area contributed by atoms with Crippen LogP contribution >= 0.6 is 0 Å². The Morgan fingerprint density at radius 1 is 1.11 bits per heavy atom. The minimum Gasteiger partial charge on any atom is -0.508 e. The molecule has 1 saturated heterocycles. The highest BCUT2D eigenvalue weighted by molar-refractivity contribution is 7.89. The lowest BCUT2D eigenvalue weighted by Gasteiger charge is -2.34. The Balaban J connectivity index is 1.88. The lowest BCUT2D eigenvalue weighted by molar-refractivity contribution is -0.159. The summed E-state index contributed by atoms with van der Waals surface area (Å²) in [6.07, 6.45) is 0.968. The summed E-state index contributed by atoms with van der Waals surface area (Å²) in [4.78, 5) is 26.7. The molecule has 8 nitrogen and oxygen atoms in total. The number of carbonyl (C=O) groups excluding carboxylic acids is 2. The van der Waals surface area contributed by atoms with E-state index in [2.05, 4.69) is 5.32 Å². The number of benzene rings is 2. The molecule has 1 fully saturated rings. The number of carbonyl (C=O) groups is 2. The number of hydrogen-bond acceptors (Lipinski definition) is 6. The van der Waals surface area contributed by atoms with Gasteiger partial charge in [-0.3, -0.25) is 4.79 Å². The number of amides is 1. The zero-order chi connectivity index (χ0) is 26.0. The van der Waals surface area contributed by atoms with E-state index in [1.165, 1.54) is 28.6 Å². The molecule has 0 saturated carbocycles. The number of hydrogen-bond donors (Lipinski definition) is 2. The Morgan fingerprint density at radius 2 is 1.71 bits per heavy atom. The van der Waals surface area contributed by atoms with E-state index in [4.69, 9.17) is 4.74 Å². The van der Waals surface area contributed by atoms with Crippen LogP contribution in [0.5, 0.6) is 5.75 Å². The van der Waals surface area contributed by atoms with Crippen molar-refractivity contribution in [2.45, 2.75) is 76.0 Å². The van der Waals surface area contributed by atoms with Gasteiger partial charge in [0, 0.05) is 13.0 Å². The predicted octanol–water partition coefficient (Wildman–Crippen LogP) is 3.31. The van der Waals surface area contributed by atoms with Gasteiger partial charge >= 0.3 is 5.97 Å². The first-order valence-corrected chi connectivity index (χ1v) is 13.1. The minimum absolute atomic E-state index is 0.0852. The summed E-state index contributed by atoms with van der Waals surface area (Å²) in [7, 11) is -3.93. The largest absolute Gasteiger partial charge is 0.508 e. The third-order valence-corrected chi connectivity index (χ3v) is 8.08. The fourth-order valence-electron chi connectivity index (χ4n) is 4.14. The molecule has 0 aromatic heterocycles. The van der Waals surface area contributed by atoms with Gasteiger partial charge in [0.05, 0.1) is 4.90 Å². The van der Waals surface area contributed by atoms with Gasteiger partial charge in [-0.1, -0.05) is 29.8 Å². The number of esters is 1. The molecule has 0 unspecified atom stereocenters. The summed E-state index contributed by atoms with van der Waals surface area (Å²) >= 11 is 0. The Hall–Kier alpha value is -2.91. The third kappa shape index (κ3) is 6.21. The first-order chi connectivity index (χ1) is 16.2. The maximum atomic E-state index is 13.6. The predicted molar refractivity (Wildman–Crippen MR) is 132 cm³/mol. The molecule has 0 radical (unpaired) electrons. The molecule has 35 heavy (non-hydrogen) atoms. The molecule has 2 atom stereocenters. The van der Waals surface area contributed by atoms with E-state index < -0.39 is 39.1 Å². The van der Waals surface area contributed by atoms with Gasteiger partial charge in [0.15, 0.2) is 0 Å². The van der Waals surface area contributed by atoms with Crippen LogP contribution < -0.4 is 5.32 Å². The smallest absolute Gasteiger partial charge is 0.329 e. The molecule has 190 valence electrons. The third-order valence-electron chi connectivity index (χ3n) is 6.05. The SMILES string of the molecule is Cc1ccc(S(=O)(=O)N2CCC[C@@]2(C)C(=O)N[C@H](Cc2ccc(O)cc2)C(=O)OC(C)(C)C)cc1. The molecule has 1 amide bonds. The second-order valence-corrected chi connectivity index (χ2v) is 12.1. The summed E-state index contributed by atoms with van der Waals surface area (Å²) in [6.45, 7) is 8.87. The van der Waals surface area contributed by atoms with Crippen LogP contribution in [0.4, 0.5) is 0 Å². The van der Waals surface area contributed by atoms with E-state index in [9.17, 15) is 23.1 Å². The van der Waals surface area contributed by atoms with Crippen molar-refractivity contribution in [2.24, 2.45) is 0 Å². The van der Waals surface area contributed by atoms with Crippen LogP contribution in [0, 0.1) is 6.92 Å². The lowest BCUT2D eigenvalue weighted by atomic mass is 9.97. The van der Waals surface area contributed by atoms with Crippen LogP contribution in [-0.4, -0.2) is 53.4 Å². The molecule has 1 aliphatic heterocycles. The molecule has 1 heterocycles. The van der Waals surface area contributed by atoms with E-state index in [-0.39, 0.29) is 23.6 Å². The first-order valence-electron chi connectivity index (χ1n) is 11.6. The molecular formula is C26H34N2O6S. The second kappa shape index (κ2) is 9.99. The van der Waals surface area contributed by atoms with Gasteiger partial charge in [-0.15, -0.1) is 0 Å². The number of sulfonamides is 1. The van der Waals surface area contributed by atoms with E-state index in [1.807, 2.05) is 6.92 Å². The fourth-order valence-corrected chi connectivity index (χ4v) is 5.94. The average molecular weight is 503 g/mol. The number of phenols is 1. The van der Waals surface area contributed by atoms with Crippen LogP contribution in [0.3, 0.4) is 0 Å². The molecule has 3 rings (SSSR count). The van der Waals surface area contributed by atoms with Crippen LogP contribution in [0.15, 0.2) is 53.4 Å². The van der Waals surface area contributed by atoms with Crippen LogP contribution in [0.25, 0.3) is 0 Å². The Bertz CT molecular complexity index is 1170. The van der Waals surface area contributed by atoms with E-state index in [1.54, 1.807) is 52.0 Å². The molecule has 1 aliphatic rings.